The van der Waals surface area contributed by atoms with Gasteiger partial charge in [0, 0.05) is 16.6 Å². The van der Waals surface area contributed by atoms with Gasteiger partial charge in [0.1, 0.15) is 0 Å². The number of oxazole rings is 1. The van der Waals surface area contributed by atoms with E-state index in [2.05, 4.69) is 26.2 Å². The summed E-state index contributed by atoms with van der Waals surface area (Å²) in [6.07, 6.45) is 0. The lowest BCUT2D eigenvalue weighted by Crippen LogP contribution is -2.07. The van der Waals surface area contributed by atoms with Crippen LogP contribution in [-0.4, -0.2) is 13.4 Å². The maximum Gasteiger partial charge on any atom is 0.234 e. The lowest BCUT2D eigenvalue weighted by Gasteiger charge is -2.06. The predicted molar refractivity (Wildman–Crippen MR) is 120 cm³/mol. The van der Waals surface area contributed by atoms with Crippen molar-refractivity contribution in [3.63, 3.8) is 0 Å². The number of halogens is 1. The fourth-order valence-corrected chi connectivity index (χ4v) is 4.57. The molecule has 0 atom stereocenters. The first-order valence-electron chi connectivity index (χ1n) is 9.30. The van der Waals surface area contributed by atoms with Crippen molar-refractivity contribution in [2.24, 2.45) is 0 Å². The summed E-state index contributed by atoms with van der Waals surface area (Å²) in [5, 5.41) is 2.98. The summed E-state index contributed by atoms with van der Waals surface area (Å²) in [5.41, 5.74) is 2.69. The minimum atomic E-state index is -3.88. The van der Waals surface area contributed by atoms with Gasteiger partial charge in [0.2, 0.25) is 26.6 Å². The second-order valence-electron chi connectivity index (χ2n) is 6.76. The minimum Gasteiger partial charge on any atom is -0.419 e. The van der Waals surface area contributed by atoms with Crippen LogP contribution in [0.3, 0.4) is 0 Å². The molecule has 1 heterocycles. The Morgan fingerprint density at radius 3 is 2.30 bits per heavy atom. The lowest BCUT2D eigenvalue weighted by molar-refractivity contribution is 0.576. The largest absolute Gasteiger partial charge is 0.419 e. The van der Waals surface area contributed by atoms with Crippen LogP contribution in [-0.2, 0) is 16.4 Å². The van der Waals surface area contributed by atoms with Gasteiger partial charge in [0.15, 0.2) is 0 Å². The molecule has 1 N–H and O–H groups in total. The number of benzene rings is 3. The molecule has 4 aromatic rings. The zero-order valence-corrected chi connectivity index (χ0v) is 18.6. The SMILES string of the molecule is Cc1ccccc1-c1nc(S(=O)(=O)c2ccc(Br)cc2)c(NCc2ccccc2)o1. The molecule has 0 bridgehead atoms. The van der Waals surface area contributed by atoms with Gasteiger partial charge in [-0.3, -0.25) is 0 Å². The van der Waals surface area contributed by atoms with E-state index < -0.39 is 9.84 Å². The molecule has 0 saturated carbocycles. The van der Waals surface area contributed by atoms with Crippen LogP contribution in [0.4, 0.5) is 5.88 Å². The van der Waals surface area contributed by atoms with E-state index in [0.29, 0.717) is 6.54 Å². The van der Waals surface area contributed by atoms with Crippen molar-refractivity contribution in [1.82, 2.24) is 4.98 Å². The first kappa shape index (κ1) is 20.4. The Morgan fingerprint density at radius 2 is 1.60 bits per heavy atom. The van der Waals surface area contributed by atoms with Crippen molar-refractivity contribution in [1.29, 1.82) is 0 Å². The zero-order valence-electron chi connectivity index (χ0n) is 16.2. The standard InChI is InChI=1S/C23H19BrN2O3S/c1-16-7-5-6-10-20(16)21-26-23(30(27,28)19-13-11-18(24)12-14-19)22(29-21)25-15-17-8-3-2-4-9-17/h2-14,25H,15H2,1H3. The average Bonchev–Trinajstić information content (AvgIpc) is 3.18. The van der Waals surface area contributed by atoms with Crippen LogP contribution in [0.25, 0.3) is 11.5 Å². The maximum absolute atomic E-state index is 13.3. The van der Waals surface area contributed by atoms with Gasteiger partial charge in [-0.15, -0.1) is 0 Å². The highest BCUT2D eigenvalue weighted by Gasteiger charge is 2.28. The predicted octanol–water partition coefficient (Wildman–Crippen LogP) is 5.86. The van der Waals surface area contributed by atoms with Crippen molar-refractivity contribution >= 4 is 31.7 Å². The van der Waals surface area contributed by atoms with E-state index in [9.17, 15) is 8.42 Å². The molecule has 3 aromatic carbocycles. The van der Waals surface area contributed by atoms with E-state index in [4.69, 9.17) is 4.42 Å². The van der Waals surface area contributed by atoms with Crippen molar-refractivity contribution in [3.8, 4) is 11.5 Å². The van der Waals surface area contributed by atoms with Crippen LogP contribution in [0.5, 0.6) is 0 Å². The molecule has 0 fully saturated rings. The topological polar surface area (TPSA) is 72.2 Å². The Hall–Kier alpha value is -2.90. The molecule has 7 heteroatoms. The maximum atomic E-state index is 13.3. The quantitative estimate of drug-likeness (QED) is 0.372. The third-order valence-electron chi connectivity index (χ3n) is 4.65. The molecule has 0 aliphatic carbocycles. The van der Waals surface area contributed by atoms with Crippen molar-refractivity contribution in [2.45, 2.75) is 23.4 Å². The zero-order chi connectivity index (χ0) is 21.1. The Morgan fingerprint density at radius 1 is 0.933 bits per heavy atom. The number of aryl methyl sites for hydroxylation is 1. The van der Waals surface area contributed by atoms with E-state index in [1.165, 1.54) is 0 Å². The molecule has 30 heavy (non-hydrogen) atoms. The molecule has 4 rings (SSSR count). The van der Waals surface area contributed by atoms with Crippen molar-refractivity contribution in [3.05, 3.63) is 94.5 Å². The fraction of sp³-hybridized carbons (Fsp3) is 0.0870. The van der Waals surface area contributed by atoms with E-state index in [-0.39, 0.29) is 21.7 Å². The molecule has 152 valence electrons. The summed E-state index contributed by atoms with van der Waals surface area (Å²) in [4.78, 5) is 4.55. The molecule has 0 aliphatic heterocycles. The third-order valence-corrected chi connectivity index (χ3v) is 6.85. The highest BCUT2D eigenvalue weighted by atomic mass is 79.9. The van der Waals surface area contributed by atoms with Gasteiger partial charge in [-0.1, -0.05) is 64.5 Å². The smallest absolute Gasteiger partial charge is 0.234 e. The number of nitrogens with zero attached hydrogens (tertiary/aromatic N) is 1. The fourth-order valence-electron chi connectivity index (χ4n) is 3.03. The molecule has 0 spiro atoms. The lowest BCUT2D eigenvalue weighted by atomic mass is 10.1. The summed E-state index contributed by atoms with van der Waals surface area (Å²) >= 11 is 3.33. The summed E-state index contributed by atoms with van der Waals surface area (Å²) in [7, 11) is -3.88. The Bertz CT molecular complexity index is 1270. The van der Waals surface area contributed by atoms with Gasteiger partial charge in [-0.25, -0.2) is 8.42 Å². The van der Waals surface area contributed by atoms with Crippen molar-refractivity contribution < 1.29 is 12.8 Å². The number of anilines is 1. The van der Waals surface area contributed by atoms with Gasteiger partial charge >= 0.3 is 0 Å². The molecule has 0 saturated heterocycles. The summed E-state index contributed by atoms with van der Waals surface area (Å²) < 4.78 is 33.4. The van der Waals surface area contributed by atoms with Crippen LogP contribution in [0.2, 0.25) is 0 Å². The second-order valence-corrected chi connectivity index (χ2v) is 9.55. The average molecular weight is 483 g/mol. The van der Waals surface area contributed by atoms with E-state index >= 15 is 0 Å². The van der Waals surface area contributed by atoms with Crippen molar-refractivity contribution in [2.75, 3.05) is 5.32 Å². The first-order chi connectivity index (χ1) is 14.4. The summed E-state index contributed by atoms with van der Waals surface area (Å²) in [6, 6.07) is 23.7. The first-order valence-corrected chi connectivity index (χ1v) is 11.6. The van der Waals surface area contributed by atoms with E-state index in [1.54, 1.807) is 24.3 Å². The second kappa shape index (κ2) is 8.45. The van der Waals surface area contributed by atoms with Gasteiger partial charge < -0.3 is 9.73 Å². The Labute approximate surface area is 183 Å². The van der Waals surface area contributed by atoms with Crippen LogP contribution in [0.1, 0.15) is 11.1 Å². The molecular weight excluding hydrogens is 464 g/mol. The third kappa shape index (κ3) is 4.17. The van der Waals surface area contributed by atoms with E-state index in [1.807, 2.05) is 61.5 Å². The van der Waals surface area contributed by atoms with Gasteiger partial charge in [0.05, 0.1) is 4.90 Å². The number of rotatable bonds is 6. The number of hydrogen-bond acceptors (Lipinski definition) is 5. The van der Waals surface area contributed by atoms with Crippen LogP contribution < -0.4 is 5.32 Å². The molecule has 5 nitrogen and oxygen atoms in total. The van der Waals surface area contributed by atoms with Gasteiger partial charge in [-0.05, 0) is 48.4 Å². The van der Waals surface area contributed by atoms with Gasteiger partial charge in [-0.2, -0.15) is 4.98 Å². The monoisotopic (exact) mass is 482 g/mol. The molecule has 1 aromatic heterocycles. The molecule has 0 radical (unpaired) electrons. The summed E-state index contributed by atoms with van der Waals surface area (Å²) in [5.74, 6) is 0.388. The molecule has 0 aliphatic rings. The van der Waals surface area contributed by atoms with Gasteiger partial charge in [0.25, 0.3) is 0 Å². The Balaban J connectivity index is 1.79. The van der Waals surface area contributed by atoms with Crippen LogP contribution >= 0.6 is 15.9 Å². The highest BCUT2D eigenvalue weighted by molar-refractivity contribution is 9.10. The Kier molecular flexibility index (Phi) is 5.74. The van der Waals surface area contributed by atoms with Crippen LogP contribution in [0, 0.1) is 6.92 Å². The molecule has 0 amide bonds. The number of nitrogens with one attached hydrogen (secondary N) is 1. The molecular formula is C23H19BrN2O3S. The normalized spacial score (nSPS) is 11.4. The minimum absolute atomic E-state index is 0.125. The summed E-state index contributed by atoms with van der Waals surface area (Å²) in [6.45, 7) is 2.34. The highest BCUT2D eigenvalue weighted by Crippen LogP contribution is 2.34. The van der Waals surface area contributed by atoms with E-state index in [0.717, 1.165) is 21.2 Å². The number of aromatic nitrogens is 1. The number of hydrogen-bond donors (Lipinski definition) is 1. The van der Waals surface area contributed by atoms with Crippen LogP contribution in [0.15, 0.2) is 97.7 Å². The number of sulfone groups is 1. The molecule has 0 unspecified atom stereocenters.